The first-order valence-corrected chi connectivity index (χ1v) is 6.41. The maximum absolute atomic E-state index is 8.76. The second kappa shape index (κ2) is 5.45. The van der Waals surface area contributed by atoms with Crippen molar-refractivity contribution in [2.75, 3.05) is 13.2 Å². The molecule has 1 N–H and O–H groups in total. The highest BCUT2D eigenvalue weighted by Crippen LogP contribution is 2.22. The number of rotatable bonds is 4. The van der Waals surface area contributed by atoms with E-state index in [9.17, 15) is 0 Å². The van der Waals surface area contributed by atoms with Crippen molar-refractivity contribution in [3.05, 3.63) is 42.2 Å². The summed E-state index contributed by atoms with van der Waals surface area (Å²) in [6.07, 6.45) is 1.95. The molecule has 1 aromatic heterocycles. The Kier molecular flexibility index (Phi) is 3.90. The first-order valence-electron chi connectivity index (χ1n) is 6.41. The lowest BCUT2D eigenvalue weighted by Gasteiger charge is -2.14. The SMILES string of the molecule is CC(C)(C)c1ccn(-c2cccc(OCCO)c2)n1. The molecule has 19 heavy (non-hydrogen) atoms. The van der Waals surface area contributed by atoms with Gasteiger partial charge in [-0.25, -0.2) is 4.68 Å². The molecule has 0 aliphatic heterocycles. The Labute approximate surface area is 113 Å². The van der Waals surface area contributed by atoms with Crippen molar-refractivity contribution in [1.29, 1.82) is 0 Å². The van der Waals surface area contributed by atoms with Crippen LogP contribution in [-0.2, 0) is 5.41 Å². The van der Waals surface area contributed by atoms with Gasteiger partial charge in [0.15, 0.2) is 0 Å². The van der Waals surface area contributed by atoms with Crippen molar-refractivity contribution in [2.24, 2.45) is 0 Å². The molecule has 1 aromatic carbocycles. The van der Waals surface area contributed by atoms with Crippen molar-refractivity contribution < 1.29 is 9.84 Å². The fraction of sp³-hybridized carbons (Fsp3) is 0.400. The van der Waals surface area contributed by atoms with E-state index in [-0.39, 0.29) is 12.0 Å². The number of aliphatic hydroxyl groups is 1. The summed E-state index contributed by atoms with van der Waals surface area (Å²) in [5.74, 6) is 0.736. The average molecular weight is 260 g/mol. The van der Waals surface area contributed by atoms with Crippen molar-refractivity contribution in [3.8, 4) is 11.4 Å². The Hall–Kier alpha value is -1.81. The average Bonchev–Trinajstić information content (AvgIpc) is 2.86. The van der Waals surface area contributed by atoms with Gasteiger partial charge in [-0.2, -0.15) is 5.10 Å². The molecule has 4 nitrogen and oxygen atoms in total. The fourth-order valence-electron chi connectivity index (χ4n) is 1.75. The first-order chi connectivity index (χ1) is 9.00. The molecule has 0 unspecified atom stereocenters. The van der Waals surface area contributed by atoms with Crippen LogP contribution < -0.4 is 4.74 Å². The quantitative estimate of drug-likeness (QED) is 0.919. The zero-order chi connectivity index (χ0) is 13.9. The second-order valence-electron chi connectivity index (χ2n) is 5.46. The van der Waals surface area contributed by atoms with Crippen molar-refractivity contribution in [3.63, 3.8) is 0 Å². The van der Waals surface area contributed by atoms with Crippen LogP contribution in [0.2, 0.25) is 0 Å². The van der Waals surface area contributed by atoms with E-state index in [1.165, 1.54) is 0 Å². The Bertz CT molecular complexity index is 541. The number of aliphatic hydroxyl groups excluding tert-OH is 1. The zero-order valence-corrected chi connectivity index (χ0v) is 11.6. The molecule has 0 bridgehead atoms. The van der Waals surface area contributed by atoms with E-state index < -0.39 is 0 Å². The van der Waals surface area contributed by atoms with E-state index in [1.807, 2.05) is 41.2 Å². The molecule has 0 atom stereocenters. The summed E-state index contributed by atoms with van der Waals surface area (Å²) < 4.78 is 7.24. The third-order valence-electron chi connectivity index (χ3n) is 2.80. The number of nitrogens with zero attached hydrogens (tertiary/aromatic N) is 2. The largest absolute Gasteiger partial charge is 0.491 e. The third kappa shape index (κ3) is 3.35. The lowest BCUT2D eigenvalue weighted by atomic mass is 9.93. The summed E-state index contributed by atoms with van der Waals surface area (Å²) in [5, 5.41) is 13.3. The molecule has 0 amide bonds. The number of ether oxygens (including phenoxy) is 1. The van der Waals surface area contributed by atoms with Gasteiger partial charge in [-0.15, -0.1) is 0 Å². The van der Waals surface area contributed by atoms with Crippen LogP contribution in [0.4, 0.5) is 0 Å². The number of hydrogen-bond acceptors (Lipinski definition) is 3. The maximum Gasteiger partial charge on any atom is 0.121 e. The van der Waals surface area contributed by atoms with Gasteiger partial charge in [0.25, 0.3) is 0 Å². The molecule has 102 valence electrons. The van der Waals surface area contributed by atoms with Crippen LogP contribution in [0.25, 0.3) is 5.69 Å². The minimum Gasteiger partial charge on any atom is -0.491 e. The monoisotopic (exact) mass is 260 g/mol. The van der Waals surface area contributed by atoms with Gasteiger partial charge >= 0.3 is 0 Å². The van der Waals surface area contributed by atoms with Crippen LogP contribution in [0.15, 0.2) is 36.5 Å². The topological polar surface area (TPSA) is 47.3 Å². The maximum atomic E-state index is 8.76. The normalized spacial score (nSPS) is 11.6. The Balaban J connectivity index is 2.24. The predicted molar refractivity (Wildman–Crippen MR) is 74.8 cm³/mol. The van der Waals surface area contributed by atoms with E-state index >= 15 is 0 Å². The summed E-state index contributed by atoms with van der Waals surface area (Å²) in [7, 11) is 0. The zero-order valence-electron chi connectivity index (χ0n) is 11.6. The molecule has 0 aliphatic rings. The predicted octanol–water partition coefficient (Wildman–Crippen LogP) is 2.54. The molecule has 0 spiro atoms. The summed E-state index contributed by atoms with van der Waals surface area (Å²) in [4.78, 5) is 0. The highest BCUT2D eigenvalue weighted by atomic mass is 16.5. The van der Waals surface area contributed by atoms with E-state index in [1.54, 1.807) is 0 Å². The molecule has 2 aromatic rings. The highest BCUT2D eigenvalue weighted by Gasteiger charge is 2.17. The molecule has 0 saturated heterocycles. The van der Waals surface area contributed by atoms with Gasteiger partial charge in [0.1, 0.15) is 12.4 Å². The molecule has 0 saturated carbocycles. The summed E-state index contributed by atoms with van der Waals surface area (Å²) >= 11 is 0. The van der Waals surface area contributed by atoms with Crippen LogP contribution in [0.5, 0.6) is 5.75 Å². The van der Waals surface area contributed by atoms with E-state index in [4.69, 9.17) is 9.84 Å². The van der Waals surface area contributed by atoms with Gasteiger partial charge < -0.3 is 9.84 Å². The van der Waals surface area contributed by atoms with Crippen molar-refractivity contribution in [1.82, 2.24) is 9.78 Å². The first kappa shape index (κ1) is 13.6. The smallest absolute Gasteiger partial charge is 0.121 e. The highest BCUT2D eigenvalue weighted by molar-refractivity contribution is 5.39. The molecule has 0 fully saturated rings. The summed E-state index contributed by atoms with van der Waals surface area (Å²) in [6, 6.07) is 9.70. The number of hydrogen-bond donors (Lipinski definition) is 1. The van der Waals surface area contributed by atoms with E-state index in [0.29, 0.717) is 6.61 Å². The molecular weight excluding hydrogens is 240 g/mol. The van der Waals surface area contributed by atoms with Gasteiger partial charge in [0.05, 0.1) is 18.0 Å². The minimum atomic E-state index is 0.0141. The standard InChI is InChI=1S/C15H20N2O2/c1-15(2,3)14-7-8-17(16-14)12-5-4-6-13(11-12)19-10-9-18/h4-8,11,18H,9-10H2,1-3H3. The number of benzene rings is 1. The molecule has 0 radical (unpaired) electrons. The van der Waals surface area contributed by atoms with Gasteiger partial charge in [-0.1, -0.05) is 26.8 Å². The molecule has 0 aliphatic carbocycles. The third-order valence-corrected chi connectivity index (χ3v) is 2.80. The van der Waals surface area contributed by atoms with Crippen LogP contribution in [0.3, 0.4) is 0 Å². The number of aromatic nitrogens is 2. The van der Waals surface area contributed by atoms with Gasteiger partial charge in [-0.05, 0) is 18.2 Å². The Morgan fingerprint density at radius 1 is 1.26 bits per heavy atom. The van der Waals surface area contributed by atoms with Crippen LogP contribution >= 0.6 is 0 Å². The minimum absolute atomic E-state index is 0.0141. The van der Waals surface area contributed by atoms with Gasteiger partial charge in [0.2, 0.25) is 0 Å². The fourth-order valence-corrected chi connectivity index (χ4v) is 1.75. The van der Waals surface area contributed by atoms with Crippen molar-refractivity contribution in [2.45, 2.75) is 26.2 Å². The van der Waals surface area contributed by atoms with Gasteiger partial charge in [-0.3, -0.25) is 0 Å². The second-order valence-corrected chi connectivity index (χ2v) is 5.46. The van der Waals surface area contributed by atoms with Crippen LogP contribution in [0.1, 0.15) is 26.5 Å². The summed E-state index contributed by atoms with van der Waals surface area (Å²) in [6.45, 7) is 6.73. The molecule has 2 rings (SSSR count). The lowest BCUT2D eigenvalue weighted by molar-refractivity contribution is 0.201. The molecular formula is C15H20N2O2. The van der Waals surface area contributed by atoms with Crippen LogP contribution in [-0.4, -0.2) is 28.1 Å². The molecule has 4 heteroatoms. The van der Waals surface area contributed by atoms with Gasteiger partial charge in [0, 0.05) is 17.7 Å². The lowest BCUT2D eigenvalue weighted by Crippen LogP contribution is -2.12. The molecule has 1 heterocycles. The van der Waals surface area contributed by atoms with Crippen molar-refractivity contribution >= 4 is 0 Å². The van der Waals surface area contributed by atoms with Crippen LogP contribution in [0, 0.1) is 0 Å². The summed E-state index contributed by atoms with van der Waals surface area (Å²) in [5.41, 5.74) is 2.04. The Morgan fingerprint density at radius 2 is 2.05 bits per heavy atom. The van der Waals surface area contributed by atoms with E-state index in [0.717, 1.165) is 17.1 Å². The Morgan fingerprint density at radius 3 is 2.68 bits per heavy atom. The van der Waals surface area contributed by atoms with E-state index in [2.05, 4.69) is 25.9 Å².